The van der Waals surface area contributed by atoms with Crippen LogP contribution in [0.1, 0.15) is 17.9 Å². The zero-order valence-corrected chi connectivity index (χ0v) is 9.04. The molecule has 0 aromatic heterocycles. The van der Waals surface area contributed by atoms with Crippen LogP contribution in [0.2, 0.25) is 0 Å². The maximum absolute atomic E-state index is 3.39. The van der Waals surface area contributed by atoms with Gasteiger partial charge in [-0.1, -0.05) is 12.1 Å². The Kier molecular flexibility index (Phi) is 2.66. The second-order valence-electron chi connectivity index (χ2n) is 3.24. The highest BCUT2D eigenvalue weighted by atomic mass is 127. The molecule has 2 heteroatoms. The van der Waals surface area contributed by atoms with Crippen LogP contribution in [-0.2, 0) is 0 Å². The largest absolute Gasteiger partial charge is 0.316 e. The smallest absolute Gasteiger partial charge is 0.0133 e. The molecule has 1 aromatic carbocycles. The molecule has 1 aromatic rings. The van der Waals surface area contributed by atoms with E-state index in [1.807, 2.05) is 0 Å². The minimum absolute atomic E-state index is 0.750. The first-order valence-corrected chi connectivity index (χ1v) is 5.40. The summed E-state index contributed by atoms with van der Waals surface area (Å²) in [5.74, 6) is 0.750. The van der Waals surface area contributed by atoms with Gasteiger partial charge in [-0.25, -0.2) is 0 Å². The fraction of sp³-hybridized carbons (Fsp3) is 0.400. The Bertz CT molecular complexity index is 266. The summed E-state index contributed by atoms with van der Waals surface area (Å²) in [6.45, 7) is 2.33. The Labute approximate surface area is 86.7 Å². The summed E-state index contributed by atoms with van der Waals surface area (Å²) in [6.07, 6.45) is 1.29. The van der Waals surface area contributed by atoms with Gasteiger partial charge in [0.1, 0.15) is 0 Å². The summed E-state index contributed by atoms with van der Waals surface area (Å²) >= 11 is 2.37. The summed E-state index contributed by atoms with van der Waals surface area (Å²) in [5.41, 5.74) is 1.49. The second-order valence-corrected chi connectivity index (χ2v) is 4.49. The maximum atomic E-state index is 3.39. The van der Waals surface area contributed by atoms with Gasteiger partial charge >= 0.3 is 0 Å². The minimum atomic E-state index is 0.750. The van der Waals surface area contributed by atoms with E-state index in [1.165, 1.54) is 22.1 Å². The summed E-state index contributed by atoms with van der Waals surface area (Å²) in [6, 6.07) is 8.82. The highest BCUT2D eigenvalue weighted by molar-refractivity contribution is 14.1. The third-order valence-electron chi connectivity index (χ3n) is 2.38. The van der Waals surface area contributed by atoms with Crippen molar-refractivity contribution in [3.8, 4) is 0 Å². The van der Waals surface area contributed by atoms with E-state index >= 15 is 0 Å². The number of halogens is 1. The van der Waals surface area contributed by atoms with E-state index in [1.54, 1.807) is 0 Å². The van der Waals surface area contributed by atoms with Crippen LogP contribution < -0.4 is 5.32 Å². The van der Waals surface area contributed by atoms with Crippen LogP contribution in [0.25, 0.3) is 0 Å². The van der Waals surface area contributed by atoms with Crippen molar-refractivity contribution in [2.45, 2.75) is 12.3 Å². The molecular weight excluding hydrogens is 261 g/mol. The van der Waals surface area contributed by atoms with Gasteiger partial charge in [-0.05, 0) is 59.2 Å². The number of hydrogen-bond acceptors (Lipinski definition) is 1. The zero-order chi connectivity index (χ0) is 8.39. The lowest BCUT2D eigenvalue weighted by Gasteiger charge is -2.08. The van der Waals surface area contributed by atoms with E-state index < -0.39 is 0 Å². The molecule has 1 N–H and O–H groups in total. The standard InChI is InChI=1S/C10H12IN/c11-10-3-1-2-8(6-10)9-4-5-12-7-9/h1-3,6,9,12H,4-5,7H2/t9-/m0/s1. The van der Waals surface area contributed by atoms with Gasteiger partial charge in [0, 0.05) is 10.1 Å². The first kappa shape index (κ1) is 8.51. The lowest BCUT2D eigenvalue weighted by Crippen LogP contribution is -2.07. The molecule has 1 aliphatic heterocycles. The Hall–Kier alpha value is -0.0900. The SMILES string of the molecule is Ic1cccc([C@H]2CCNC2)c1. The van der Waals surface area contributed by atoms with Gasteiger partial charge < -0.3 is 5.32 Å². The summed E-state index contributed by atoms with van der Waals surface area (Å²) in [5, 5.41) is 3.39. The van der Waals surface area contributed by atoms with Crippen molar-refractivity contribution in [2.24, 2.45) is 0 Å². The van der Waals surface area contributed by atoms with E-state index in [0.29, 0.717) is 0 Å². The fourth-order valence-electron chi connectivity index (χ4n) is 1.70. The van der Waals surface area contributed by atoms with Crippen LogP contribution in [0.4, 0.5) is 0 Å². The number of benzene rings is 1. The third-order valence-corrected chi connectivity index (χ3v) is 3.05. The molecule has 0 aliphatic carbocycles. The highest BCUT2D eigenvalue weighted by Crippen LogP contribution is 2.23. The van der Waals surface area contributed by atoms with Crippen LogP contribution >= 0.6 is 22.6 Å². The van der Waals surface area contributed by atoms with Gasteiger partial charge in [-0.2, -0.15) is 0 Å². The first-order chi connectivity index (χ1) is 5.86. The molecule has 0 saturated carbocycles. The van der Waals surface area contributed by atoms with Crippen LogP contribution in [0.15, 0.2) is 24.3 Å². The van der Waals surface area contributed by atoms with E-state index in [4.69, 9.17) is 0 Å². The lowest BCUT2D eigenvalue weighted by molar-refractivity contribution is 0.763. The molecule has 1 atom stereocenters. The minimum Gasteiger partial charge on any atom is -0.316 e. The van der Waals surface area contributed by atoms with Gasteiger partial charge in [0.25, 0.3) is 0 Å². The molecule has 1 heterocycles. The Morgan fingerprint density at radius 2 is 2.33 bits per heavy atom. The molecule has 0 amide bonds. The molecule has 0 spiro atoms. The molecule has 1 nitrogen and oxygen atoms in total. The van der Waals surface area contributed by atoms with Crippen LogP contribution in [0.3, 0.4) is 0 Å². The Morgan fingerprint density at radius 3 is 3.00 bits per heavy atom. The predicted octanol–water partition coefficient (Wildman–Crippen LogP) is 2.37. The van der Waals surface area contributed by atoms with E-state index in [9.17, 15) is 0 Å². The molecule has 0 bridgehead atoms. The van der Waals surface area contributed by atoms with Crippen molar-refractivity contribution < 1.29 is 0 Å². The van der Waals surface area contributed by atoms with Gasteiger partial charge in [0.2, 0.25) is 0 Å². The van der Waals surface area contributed by atoms with Crippen LogP contribution in [0, 0.1) is 3.57 Å². The van der Waals surface area contributed by atoms with Crippen molar-refractivity contribution >= 4 is 22.6 Å². The number of nitrogens with one attached hydrogen (secondary N) is 1. The van der Waals surface area contributed by atoms with Crippen molar-refractivity contribution in [3.63, 3.8) is 0 Å². The molecule has 2 rings (SSSR count). The average Bonchev–Trinajstić information content (AvgIpc) is 2.56. The normalized spacial score (nSPS) is 22.9. The van der Waals surface area contributed by atoms with Crippen molar-refractivity contribution in [1.29, 1.82) is 0 Å². The van der Waals surface area contributed by atoms with E-state index in [0.717, 1.165) is 12.5 Å². The molecular formula is C10H12IN. The van der Waals surface area contributed by atoms with Gasteiger partial charge in [-0.15, -0.1) is 0 Å². The van der Waals surface area contributed by atoms with E-state index in [-0.39, 0.29) is 0 Å². The topological polar surface area (TPSA) is 12.0 Å². The monoisotopic (exact) mass is 273 g/mol. The van der Waals surface area contributed by atoms with Gasteiger partial charge in [0.05, 0.1) is 0 Å². The van der Waals surface area contributed by atoms with Gasteiger partial charge in [0.15, 0.2) is 0 Å². The molecule has 1 fully saturated rings. The summed E-state index contributed by atoms with van der Waals surface area (Å²) < 4.78 is 1.34. The van der Waals surface area contributed by atoms with Gasteiger partial charge in [-0.3, -0.25) is 0 Å². The zero-order valence-electron chi connectivity index (χ0n) is 6.89. The maximum Gasteiger partial charge on any atom is 0.0133 e. The van der Waals surface area contributed by atoms with Crippen LogP contribution in [0.5, 0.6) is 0 Å². The molecule has 12 heavy (non-hydrogen) atoms. The first-order valence-electron chi connectivity index (χ1n) is 4.32. The summed E-state index contributed by atoms with van der Waals surface area (Å²) in [4.78, 5) is 0. The molecule has 1 aliphatic rings. The quantitative estimate of drug-likeness (QED) is 0.775. The Morgan fingerprint density at radius 1 is 1.42 bits per heavy atom. The second kappa shape index (κ2) is 3.75. The Balaban J connectivity index is 2.21. The highest BCUT2D eigenvalue weighted by Gasteiger charge is 2.15. The van der Waals surface area contributed by atoms with Crippen molar-refractivity contribution in [2.75, 3.05) is 13.1 Å². The molecule has 0 unspecified atom stereocenters. The van der Waals surface area contributed by atoms with E-state index in [2.05, 4.69) is 52.2 Å². The fourth-order valence-corrected chi connectivity index (χ4v) is 2.27. The molecule has 64 valence electrons. The molecule has 0 radical (unpaired) electrons. The number of rotatable bonds is 1. The van der Waals surface area contributed by atoms with Crippen molar-refractivity contribution in [3.05, 3.63) is 33.4 Å². The lowest BCUT2D eigenvalue weighted by atomic mass is 9.99. The third kappa shape index (κ3) is 1.80. The predicted molar refractivity (Wildman–Crippen MR) is 59.4 cm³/mol. The molecule has 1 saturated heterocycles. The summed E-state index contributed by atoms with van der Waals surface area (Å²) in [7, 11) is 0. The average molecular weight is 273 g/mol. The van der Waals surface area contributed by atoms with Crippen molar-refractivity contribution in [1.82, 2.24) is 5.32 Å². The number of hydrogen-bond donors (Lipinski definition) is 1. The van der Waals surface area contributed by atoms with Crippen LogP contribution in [-0.4, -0.2) is 13.1 Å².